The van der Waals surface area contributed by atoms with Crippen molar-refractivity contribution in [1.29, 1.82) is 0 Å². The summed E-state index contributed by atoms with van der Waals surface area (Å²) in [5.41, 5.74) is 2.50. The fourth-order valence-corrected chi connectivity index (χ4v) is 10.1. The molecule has 6 aromatic rings. The summed E-state index contributed by atoms with van der Waals surface area (Å²) >= 11 is 7.57. The Bertz CT molecular complexity index is 1620. The Morgan fingerprint density at radius 1 is 0.737 bits per heavy atom. The van der Waals surface area contributed by atoms with E-state index in [0.717, 1.165) is 17.0 Å². The fraction of sp³-hybridized carbons (Fsp3) is 0.0323. The molecule has 0 spiro atoms. The van der Waals surface area contributed by atoms with E-state index < -0.39 is 7.26 Å². The molecule has 7 heteroatoms. The van der Waals surface area contributed by atoms with E-state index in [1.807, 2.05) is 29.6 Å². The van der Waals surface area contributed by atoms with Gasteiger partial charge < -0.3 is 12.4 Å². The number of fused-ring (bicyclic) bond motifs is 1. The maximum absolute atomic E-state index is 13.5. The van der Waals surface area contributed by atoms with Crippen LogP contribution >= 0.6 is 30.2 Å². The van der Waals surface area contributed by atoms with E-state index in [9.17, 15) is 4.79 Å². The zero-order chi connectivity index (χ0) is 25.2. The average molecular weight is 573 g/mol. The Morgan fingerprint density at radius 3 is 1.74 bits per heavy atom. The third-order valence-corrected chi connectivity index (χ3v) is 12.0. The van der Waals surface area contributed by atoms with Gasteiger partial charge in [-0.15, -0.1) is 11.3 Å². The second-order valence-electron chi connectivity index (χ2n) is 8.81. The SMILES string of the molecule is O=c1cc(C[P+](c2ccccc2)(c2ccccc2)c2ccccc2)nc2scc(-c3ccc(Cl)cc3)n12.[Cl-]. The molecule has 0 unspecified atom stereocenters. The van der Waals surface area contributed by atoms with E-state index in [2.05, 4.69) is 91.0 Å². The van der Waals surface area contributed by atoms with Gasteiger partial charge in [0.25, 0.3) is 5.56 Å². The lowest BCUT2D eigenvalue weighted by Crippen LogP contribution is -3.00. The predicted octanol–water partition coefficient (Wildman–Crippen LogP) is 3.57. The van der Waals surface area contributed by atoms with Gasteiger partial charge in [0.2, 0.25) is 0 Å². The van der Waals surface area contributed by atoms with Gasteiger partial charge in [-0.2, -0.15) is 0 Å². The molecular weight excluding hydrogens is 550 g/mol. The lowest BCUT2D eigenvalue weighted by atomic mass is 10.2. The summed E-state index contributed by atoms with van der Waals surface area (Å²) in [4.78, 5) is 19.3. The summed E-state index contributed by atoms with van der Waals surface area (Å²) in [5.74, 6) is 0. The summed E-state index contributed by atoms with van der Waals surface area (Å²) in [7, 11) is -2.15. The summed E-state index contributed by atoms with van der Waals surface area (Å²) in [6.45, 7) is 0. The van der Waals surface area contributed by atoms with Crippen LogP contribution in [0, 0.1) is 0 Å². The van der Waals surface area contributed by atoms with Crippen molar-refractivity contribution in [3.63, 3.8) is 0 Å². The number of aromatic nitrogens is 2. The highest BCUT2D eigenvalue weighted by atomic mass is 35.5. The van der Waals surface area contributed by atoms with Crippen molar-refractivity contribution in [3.05, 3.63) is 148 Å². The minimum Gasteiger partial charge on any atom is -1.00 e. The second-order valence-corrected chi connectivity index (χ2v) is 13.6. The molecule has 4 aromatic carbocycles. The van der Waals surface area contributed by atoms with Crippen LogP contribution in [0.4, 0.5) is 0 Å². The van der Waals surface area contributed by atoms with Crippen LogP contribution in [0.15, 0.2) is 132 Å². The minimum absolute atomic E-state index is 0. The number of rotatable bonds is 6. The van der Waals surface area contributed by atoms with Crippen LogP contribution in [0.2, 0.25) is 5.02 Å². The number of halogens is 2. The zero-order valence-electron chi connectivity index (χ0n) is 20.2. The highest BCUT2D eigenvalue weighted by molar-refractivity contribution is 7.95. The lowest BCUT2D eigenvalue weighted by molar-refractivity contribution is -0.00000715. The van der Waals surface area contributed by atoms with Crippen molar-refractivity contribution in [2.45, 2.75) is 6.16 Å². The zero-order valence-corrected chi connectivity index (χ0v) is 23.5. The van der Waals surface area contributed by atoms with E-state index in [0.29, 0.717) is 16.1 Å². The largest absolute Gasteiger partial charge is 1.00 e. The molecule has 0 saturated heterocycles. The van der Waals surface area contributed by atoms with Crippen LogP contribution in [0.25, 0.3) is 16.2 Å². The van der Waals surface area contributed by atoms with Gasteiger partial charge in [0.15, 0.2) is 4.96 Å². The van der Waals surface area contributed by atoms with Gasteiger partial charge in [-0.05, 0) is 54.1 Å². The Morgan fingerprint density at radius 2 is 1.24 bits per heavy atom. The van der Waals surface area contributed by atoms with Gasteiger partial charge in [-0.25, -0.2) is 4.98 Å². The third-order valence-electron chi connectivity index (χ3n) is 6.59. The molecule has 3 nitrogen and oxygen atoms in total. The van der Waals surface area contributed by atoms with Crippen molar-refractivity contribution >= 4 is 51.1 Å². The van der Waals surface area contributed by atoms with Gasteiger partial charge in [-0.1, -0.05) is 78.3 Å². The molecule has 0 atom stereocenters. The maximum Gasteiger partial charge on any atom is 0.259 e. The van der Waals surface area contributed by atoms with E-state index >= 15 is 0 Å². The first-order valence-electron chi connectivity index (χ1n) is 12.0. The van der Waals surface area contributed by atoms with Crippen molar-refractivity contribution in [1.82, 2.24) is 9.38 Å². The number of nitrogens with zero attached hydrogens (tertiary/aromatic N) is 2. The van der Waals surface area contributed by atoms with Crippen molar-refractivity contribution < 1.29 is 12.4 Å². The molecule has 0 fully saturated rings. The van der Waals surface area contributed by atoms with Crippen LogP contribution < -0.4 is 33.9 Å². The molecule has 0 bridgehead atoms. The summed E-state index contributed by atoms with van der Waals surface area (Å²) < 4.78 is 1.70. The molecule has 188 valence electrons. The molecule has 0 saturated carbocycles. The Kier molecular flexibility index (Phi) is 7.78. The summed E-state index contributed by atoms with van der Waals surface area (Å²) in [6.07, 6.45) is 0.658. The van der Waals surface area contributed by atoms with Crippen molar-refractivity contribution in [3.8, 4) is 11.3 Å². The Hall–Kier alpha value is -3.27. The van der Waals surface area contributed by atoms with E-state index in [-0.39, 0.29) is 18.0 Å². The van der Waals surface area contributed by atoms with Crippen LogP contribution in [0.1, 0.15) is 5.69 Å². The van der Waals surface area contributed by atoms with Crippen molar-refractivity contribution in [2.24, 2.45) is 0 Å². The third kappa shape index (κ3) is 4.81. The second kappa shape index (κ2) is 11.2. The number of hydrogen-bond donors (Lipinski definition) is 0. The van der Waals surface area contributed by atoms with E-state index in [1.54, 1.807) is 10.5 Å². The monoisotopic (exact) mass is 572 g/mol. The molecule has 0 radical (unpaired) electrons. The van der Waals surface area contributed by atoms with Gasteiger partial charge in [0, 0.05) is 16.5 Å². The number of benzene rings is 4. The highest BCUT2D eigenvalue weighted by Crippen LogP contribution is 2.57. The lowest BCUT2D eigenvalue weighted by Gasteiger charge is -2.27. The van der Waals surface area contributed by atoms with Crippen LogP contribution in [0.3, 0.4) is 0 Å². The molecule has 0 aliphatic heterocycles. The maximum atomic E-state index is 13.5. The van der Waals surface area contributed by atoms with Gasteiger partial charge in [0.05, 0.1) is 11.4 Å². The molecule has 0 amide bonds. The normalized spacial score (nSPS) is 11.3. The minimum atomic E-state index is -2.15. The quantitative estimate of drug-likeness (QED) is 0.286. The van der Waals surface area contributed by atoms with Crippen LogP contribution in [-0.2, 0) is 6.16 Å². The smallest absolute Gasteiger partial charge is 0.259 e. The summed E-state index contributed by atoms with van der Waals surface area (Å²) in [6, 6.07) is 41.2. The Balaban J connectivity index is 0.00000294. The topological polar surface area (TPSA) is 34.4 Å². The average Bonchev–Trinajstić information content (AvgIpc) is 3.38. The van der Waals surface area contributed by atoms with E-state index in [4.69, 9.17) is 16.6 Å². The highest BCUT2D eigenvalue weighted by Gasteiger charge is 2.46. The van der Waals surface area contributed by atoms with Crippen molar-refractivity contribution in [2.75, 3.05) is 0 Å². The molecule has 2 aromatic heterocycles. The standard InChI is InChI=1S/C31H23ClN2OPS.ClH/c32-24-18-16-23(17-19-24)29-22-37-31-33-25(20-30(35)34(29)31)21-36(26-10-4-1-5-11-26,27-12-6-2-7-13-27)28-14-8-3-9-15-28;/h1-20,22H,21H2;1H/q+1;/p-1. The molecule has 0 aliphatic rings. The van der Waals surface area contributed by atoms with Crippen LogP contribution in [-0.4, -0.2) is 9.38 Å². The van der Waals surface area contributed by atoms with Gasteiger partial charge in [0.1, 0.15) is 29.3 Å². The molecular formula is C31H23Cl2N2OPS. The van der Waals surface area contributed by atoms with E-state index in [1.165, 1.54) is 27.3 Å². The predicted molar refractivity (Wildman–Crippen MR) is 159 cm³/mol. The van der Waals surface area contributed by atoms with Gasteiger partial charge in [-0.3, -0.25) is 9.20 Å². The first-order chi connectivity index (χ1) is 18.1. The molecule has 0 aliphatic carbocycles. The molecule has 38 heavy (non-hydrogen) atoms. The molecule has 2 heterocycles. The number of thiazole rings is 1. The number of hydrogen-bond acceptors (Lipinski definition) is 3. The molecule has 6 rings (SSSR count). The molecule has 0 N–H and O–H groups in total. The van der Waals surface area contributed by atoms with Gasteiger partial charge >= 0.3 is 0 Å². The van der Waals surface area contributed by atoms with Crippen LogP contribution in [0.5, 0.6) is 0 Å². The summed E-state index contributed by atoms with van der Waals surface area (Å²) in [5, 5.41) is 6.46. The fourth-order valence-electron chi connectivity index (χ4n) is 4.88. The first-order valence-corrected chi connectivity index (χ1v) is 15.2. The Labute approximate surface area is 237 Å². The first kappa shape index (κ1) is 26.3.